The number of nitrogens with two attached hydrogens (primary N) is 1. The standard InChI is InChI=1S/C17H17FN2S/c1-11-5-6-15(12(9-11)7-8-19)21-16-10-20-14-4-2-3-13(18)17(14)16/h2-6,9-10,20H,7-8,19H2,1H3. The fourth-order valence-electron chi connectivity index (χ4n) is 2.47. The minimum atomic E-state index is -0.191. The predicted molar refractivity (Wildman–Crippen MR) is 86.3 cm³/mol. The third-order valence-electron chi connectivity index (χ3n) is 3.47. The van der Waals surface area contributed by atoms with Crippen LogP contribution in [0.2, 0.25) is 0 Å². The number of halogens is 1. The zero-order valence-electron chi connectivity index (χ0n) is 11.8. The fourth-order valence-corrected chi connectivity index (χ4v) is 3.56. The van der Waals surface area contributed by atoms with Crippen LogP contribution in [-0.2, 0) is 6.42 Å². The Balaban J connectivity index is 2.03. The third kappa shape index (κ3) is 2.82. The molecule has 2 aromatic carbocycles. The molecule has 4 heteroatoms. The summed E-state index contributed by atoms with van der Waals surface area (Å²) in [5.41, 5.74) is 8.95. The summed E-state index contributed by atoms with van der Waals surface area (Å²) < 4.78 is 14.0. The third-order valence-corrected chi connectivity index (χ3v) is 4.63. The van der Waals surface area contributed by atoms with Crippen molar-refractivity contribution in [3.8, 4) is 0 Å². The summed E-state index contributed by atoms with van der Waals surface area (Å²) >= 11 is 1.59. The van der Waals surface area contributed by atoms with E-state index in [1.807, 2.05) is 12.3 Å². The van der Waals surface area contributed by atoms with Crippen LogP contribution < -0.4 is 5.73 Å². The first-order chi connectivity index (χ1) is 10.2. The number of hydrogen-bond acceptors (Lipinski definition) is 2. The molecule has 1 aromatic heterocycles. The molecular weight excluding hydrogens is 283 g/mol. The highest BCUT2D eigenvalue weighted by atomic mass is 32.2. The Labute approximate surface area is 127 Å². The van der Waals surface area contributed by atoms with Gasteiger partial charge < -0.3 is 10.7 Å². The van der Waals surface area contributed by atoms with Gasteiger partial charge >= 0.3 is 0 Å². The highest BCUT2D eigenvalue weighted by Gasteiger charge is 2.11. The van der Waals surface area contributed by atoms with Gasteiger partial charge in [-0.15, -0.1) is 0 Å². The Morgan fingerprint density at radius 3 is 2.86 bits per heavy atom. The minimum Gasteiger partial charge on any atom is -0.360 e. The van der Waals surface area contributed by atoms with E-state index in [1.54, 1.807) is 17.8 Å². The van der Waals surface area contributed by atoms with E-state index in [4.69, 9.17) is 5.73 Å². The Morgan fingerprint density at radius 2 is 2.05 bits per heavy atom. The lowest BCUT2D eigenvalue weighted by Crippen LogP contribution is -2.03. The maximum Gasteiger partial charge on any atom is 0.133 e. The Bertz CT molecular complexity index is 780. The Hall–Kier alpha value is -1.78. The van der Waals surface area contributed by atoms with E-state index in [9.17, 15) is 4.39 Å². The smallest absolute Gasteiger partial charge is 0.133 e. The monoisotopic (exact) mass is 300 g/mol. The second-order valence-electron chi connectivity index (χ2n) is 5.07. The number of aromatic amines is 1. The molecule has 3 rings (SSSR count). The number of benzene rings is 2. The topological polar surface area (TPSA) is 41.8 Å². The molecule has 0 fully saturated rings. The number of H-pyrrole nitrogens is 1. The van der Waals surface area contributed by atoms with Gasteiger partial charge in [0.25, 0.3) is 0 Å². The van der Waals surface area contributed by atoms with E-state index in [0.717, 1.165) is 21.7 Å². The number of aromatic nitrogens is 1. The normalized spacial score (nSPS) is 11.2. The molecule has 108 valence electrons. The van der Waals surface area contributed by atoms with Gasteiger partial charge in [0.05, 0.1) is 0 Å². The molecule has 0 radical (unpaired) electrons. The molecule has 0 aliphatic carbocycles. The molecule has 0 saturated heterocycles. The Kier molecular flexibility index (Phi) is 3.99. The van der Waals surface area contributed by atoms with Gasteiger partial charge in [-0.25, -0.2) is 4.39 Å². The fraction of sp³-hybridized carbons (Fsp3) is 0.176. The van der Waals surface area contributed by atoms with Crippen molar-refractivity contribution in [2.45, 2.75) is 23.1 Å². The van der Waals surface area contributed by atoms with Gasteiger partial charge in [0, 0.05) is 26.9 Å². The van der Waals surface area contributed by atoms with Crippen LogP contribution in [0.25, 0.3) is 10.9 Å². The van der Waals surface area contributed by atoms with Crippen molar-refractivity contribution in [1.29, 1.82) is 0 Å². The van der Waals surface area contributed by atoms with Gasteiger partial charge in [-0.2, -0.15) is 0 Å². The van der Waals surface area contributed by atoms with Gasteiger partial charge in [0.15, 0.2) is 0 Å². The van der Waals surface area contributed by atoms with Gasteiger partial charge in [0.1, 0.15) is 5.82 Å². The van der Waals surface area contributed by atoms with Crippen LogP contribution in [0.5, 0.6) is 0 Å². The molecular formula is C17H17FN2S. The van der Waals surface area contributed by atoms with Crippen molar-refractivity contribution in [1.82, 2.24) is 4.98 Å². The van der Waals surface area contributed by atoms with Crippen LogP contribution in [0.1, 0.15) is 11.1 Å². The summed E-state index contributed by atoms with van der Waals surface area (Å²) in [6, 6.07) is 11.4. The molecule has 1 heterocycles. The van der Waals surface area contributed by atoms with Crippen LogP contribution in [-0.4, -0.2) is 11.5 Å². The highest BCUT2D eigenvalue weighted by molar-refractivity contribution is 7.99. The molecule has 0 bridgehead atoms. The molecule has 3 N–H and O–H groups in total. The average Bonchev–Trinajstić information content (AvgIpc) is 2.87. The van der Waals surface area contributed by atoms with E-state index in [2.05, 4.69) is 30.1 Å². The first-order valence-electron chi connectivity index (χ1n) is 6.92. The van der Waals surface area contributed by atoms with Crippen molar-refractivity contribution in [3.63, 3.8) is 0 Å². The highest BCUT2D eigenvalue weighted by Crippen LogP contribution is 2.36. The lowest BCUT2D eigenvalue weighted by molar-refractivity contribution is 0.638. The summed E-state index contributed by atoms with van der Waals surface area (Å²) in [5, 5.41) is 0.654. The molecule has 0 aliphatic heterocycles. The molecule has 0 unspecified atom stereocenters. The minimum absolute atomic E-state index is 0.191. The number of aryl methyl sites for hydroxylation is 1. The lowest BCUT2D eigenvalue weighted by Gasteiger charge is -2.09. The van der Waals surface area contributed by atoms with Crippen molar-refractivity contribution >= 4 is 22.7 Å². The van der Waals surface area contributed by atoms with Gasteiger partial charge in [0.2, 0.25) is 0 Å². The molecule has 2 nitrogen and oxygen atoms in total. The predicted octanol–water partition coefficient (Wildman–Crippen LogP) is 4.27. The quantitative estimate of drug-likeness (QED) is 0.755. The summed E-state index contributed by atoms with van der Waals surface area (Å²) in [4.78, 5) is 5.17. The molecule has 0 aliphatic rings. The van der Waals surface area contributed by atoms with Gasteiger partial charge in [-0.1, -0.05) is 35.5 Å². The second kappa shape index (κ2) is 5.92. The van der Waals surface area contributed by atoms with E-state index in [-0.39, 0.29) is 5.82 Å². The van der Waals surface area contributed by atoms with Crippen LogP contribution in [0.4, 0.5) is 4.39 Å². The first kappa shape index (κ1) is 14.2. The summed E-state index contributed by atoms with van der Waals surface area (Å²) in [7, 11) is 0. The van der Waals surface area contributed by atoms with Crippen molar-refractivity contribution < 1.29 is 4.39 Å². The molecule has 0 spiro atoms. The molecule has 0 saturated carbocycles. The summed E-state index contributed by atoms with van der Waals surface area (Å²) in [5.74, 6) is -0.191. The van der Waals surface area contributed by atoms with Crippen LogP contribution >= 0.6 is 11.8 Å². The van der Waals surface area contributed by atoms with E-state index in [1.165, 1.54) is 17.2 Å². The number of nitrogens with one attached hydrogen (secondary N) is 1. The summed E-state index contributed by atoms with van der Waals surface area (Å²) in [6.45, 7) is 2.68. The molecule has 0 atom stereocenters. The van der Waals surface area contributed by atoms with E-state index in [0.29, 0.717) is 11.9 Å². The molecule has 21 heavy (non-hydrogen) atoms. The maximum atomic E-state index is 14.0. The Morgan fingerprint density at radius 1 is 1.19 bits per heavy atom. The zero-order valence-corrected chi connectivity index (χ0v) is 12.6. The van der Waals surface area contributed by atoms with Crippen molar-refractivity contribution in [2.75, 3.05) is 6.54 Å². The largest absolute Gasteiger partial charge is 0.360 e. The summed E-state index contributed by atoms with van der Waals surface area (Å²) in [6.07, 6.45) is 2.69. The van der Waals surface area contributed by atoms with Crippen molar-refractivity contribution in [2.24, 2.45) is 5.73 Å². The van der Waals surface area contributed by atoms with Crippen LogP contribution in [0, 0.1) is 12.7 Å². The van der Waals surface area contributed by atoms with Gasteiger partial charge in [-0.05, 0) is 43.7 Å². The SMILES string of the molecule is Cc1ccc(Sc2c[nH]c3cccc(F)c23)c(CCN)c1. The molecule has 3 aromatic rings. The van der Waals surface area contributed by atoms with Gasteiger partial charge in [-0.3, -0.25) is 0 Å². The number of hydrogen-bond donors (Lipinski definition) is 2. The maximum absolute atomic E-state index is 14.0. The molecule has 0 amide bonds. The first-order valence-corrected chi connectivity index (χ1v) is 7.73. The zero-order chi connectivity index (χ0) is 14.8. The van der Waals surface area contributed by atoms with Crippen LogP contribution in [0.15, 0.2) is 52.4 Å². The van der Waals surface area contributed by atoms with Crippen LogP contribution in [0.3, 0.4) is 0 Å². The number of rotatable bonds is 4. The van der Waals surface area contributed by atoms with E-state index < -0.39 is 0 Å². The number of fused-ring (bicyclic) bond motifs is 1. The average molecular weight is 300 g/mol. The second-order valence-corrected chi connectivity index (χ2v) is 6.15. The van der Waals surface area contributed by atoms with E-state index >= 15 is 0 Å². The van der Waals surface area contributed by atoms with Crippen molar-refractivity contribution in [3.05, 3.63) is 59.5 Å². The lowest BCUT2D eigenvalue weighted by atomic mass is 10.1.